The number of aryl methyl sites for hydroxylation is 1. The Morgan fingerprint density at radius 3 is 2.03 bits per heavy atom. The topological polar surface area (TPSA) is 115 Å². The van der Waals surface area contributed by atoms with Crippen molar-refractivity contribution in [2.45, 2.75) is 49.5 Å². The van der Waals surface area contributed by atoms with E-state index in [1.54, 1.807) is 6.92 Å². The van der Waals surface area contributed by atoms with E-state index in [1.165, 1.54) is 24.3 Å². The van der Waals surface area contributed by atoms with Gasteiger partial charge in [-0.15, -0.1) is 20.4 Å². The number of hydrogen-bond donors (Lipinski definition) is 0. The highest BCUT2D eigenvalue weighted by molar-refractivity contribution is 7.91. The normalized spacial score (nSPS) is 15.8. The third-order valence-electron chi connectivity index (χ3n) is 5.53. The van der Waals surface area contributed by atoms with E-state index in [2.05, 4.69) is 25.1 Å². The lowest BCUT2D eigenvalue weighted by Gasteiger charge is -2.33. The molecule has 1 aromatic carbocycles. The molecule has 198 valence electrons. The number of amides is 1. The minimum atomic E-state index is -5.79. The van der Waals surface area contributed by atoms with Crippen molar-refractivity contribution in [3.63, 3.8) is 0 Å². The smallest absolute Gasteiger partial charge is 0.426 e. The summed E-state index contributed by atoms with van der Waals surface area (Å²) < 4.78 is 105. The van der Waals surface area contributed by atoms with Crippen LogP contribution in [0.1, 0.15) is 25.1 Å². The minimum Gasteiger partial charge on any atom is -0.426 e. The van der Waals surface area contributed by atoms with E-state index in [0.29, 0.717) is 11.4 Å². The molecule has 0 unspecified atom stereocenters. The summed E-state index contributed by atoms with van der Waals surface area (Å²) in [4.78, 5) is 12.7. The van der Waals surface area contributed by atoms with E-state index >= 15 is 0 Å². The number of ether oxygens (including phenoxy) is 1. The summed E-state index contributed by atoms with van der Waals surface area (Å²) in [5, 5.41) is 15.3. The van der Waals surface area contributed by atoms with Crippen molar-refractivity contribution in [3.8, 4) is 11.4 Å². The molecule has 2 aromatic rings. The largest absolute Gasteiger partial charge is 0.434 e. The number of carbonyl (C=O) groups excluding carboxylic acids is 1. The monoisotopic (exact) mass is 541 g/mol. The van der Waals surface area contributed by atoms with Crippen LogP contribution in [-0.2, 0) is 14.6 Å². The van der Waals surface area contributed by atoms with Gasteiger partial charge in [0.25, 0.3) is 6.10 Å². The number of sulfone groups is 1. The Bertz CT molecular complexity index is 1140. The van der Waals surface area contributed by atoms with Gasteiger partial charge in [-0.3, -0.25) is 0 Å². The number of nitrogens with zero attached hydrogens (tertiary/aromatic N) is 5. The summed E-state index contributed by atoms with van der Waals surface area (Å²) in [6.07, 6.45) is -16.9. The Balaban J connectivity index is 1.52. The predicted octanol–water partition coefficient (Wildman–Crippen LogP) is 3.75. The van der Waals surface area contributed by atoms with Gasteiger partial charge in [-0.05, 0) is 56.4 Å². The molecule has 0 atom stereocenters. The quantitative estimate of drug-likeness (QED) is 0.508. The molecule has 16 heteroatoms. The van der Waals surface area contributed by atoms with Gasteiger partial charge in [0.1, 0.15) is 0 Å². The molecule has 9 nitrogen and oxygen atoms in total. The highest BCUT2D eigenvalue weighted by Crippen LogP contribution is 2.36. The van der Waals surface area contributed by atoms with E-state index in [1.807, 2.05) is 0 Å². The number of aromatic nitrogens is 4. The molecule has 36 heavy (non-hydrogen) atoms. The highest BCUT2D eigenvalue weighted by atomic mass is 32.2. The van der Waals surface area contributed by atoms with E-state index in [-0.39, 0.29) is 54.7 Å². The zero-order valence-corrected chi connectivity index (χ0v) is 19.6. The molecule has 0 aliphatic carbocycles. The molecule has 0 N–H and O–H groups in total. The van der Waals surface area contributed by atoms with Gasteiger partial charge in [0.15, 0.2) is 15.7 Å². The zero-order chi connectivity index (χ0) is 26.7. The third kappa shape index (κ3) is 7.01. The molecule has 3 rings (SSSR count). The zero-order valence-electron chi connectivity index (χ0n) is 18.8. The molecule has 0 radical (unpaired) electrons. The van der Waals surface area contributed by atoms with Gasteiger partial charge in [0.2, 0.25) is 5.82 Å². The molecule has 1 aromatic heterocycles. The van der Waals surface area contributed by atoms with E-state index < -0.39 is 34.4 Å². The standard InChI is InChI=1S/C20H21F6N5O4S/c1-12-27-29-16(30-28-12)14-2-4-15(5-3-14)36(33,34)11-8-13-6-9-31(10-7-13)18(32)35-17(19(21,22)23)20(24,25)26/h2-5,13,17H,6-11H2,1H3. The van der Waals surface area contributed by atoms with Crippen LogP contribution in [0.5, 0.6) is 0 Å². The van der Waals surface area contributed by atoms with Crippen LogP contribution < -0.4 is 0 Å². The highest BCUT2D eigenvalue weighted by Gasteiger charge is 2.60. The Hall–Kier alpha value is -3.04. The number of piperidine rings is 1. The first-order valence-electron chi connectivity index (χ1n) is 10.6. The summed E-state index contributed by atoms with van der Waals surface area (Å²) in [5.41, 5.74) is 0.520. The molecule has 0 bridgehead atoms. The van der Waals surface area contributed by atoms with Crippen molar-refractivity contribution in [3.05, 3.63) is 30.1 Å². The maximum atomic E-state index is 12.7. The number of benzene rings is 1. The molecule has 1 saturated heterocycles. The van der Waals surface area contributed by atoms with Gasteiger partial charge >= 0.3 is 18.4 Å². The summed E-state index contributed by atoms with van der Waals surface area (Å²) in [6, 6.07) is 5.81. The fourth-order valence-corrected chi connectivity index (χ4v) is 4.97. The van der Waals surface area contributed by atoms with Crippen LogP contribution in [0, 0.1) is 12.8 Å². The van der Waals surface area contributed by atoms with Gasteiger partial charge < -0.3 is 9.64 Å². The van der Waals surface area contributed by atoms with Crippen LogP contribution in [0.25, 0.3) is 11.4 Å². The van der Waals surface area contributed by atoms with Crippen LogP contribution >= 0.6 is 0 Å². The minimum absolute atomic E-state index is 0.0608. The number of carbonyl (C=O) groups is 1. The summed E-state index contributed by atoms with van der Waals surface area (Å²) >= 11 is 0. The second kappa shape index (κ2) is 10.5. The van der Waals surface area contributed by atoms with Gasteiger partial charge in [-0.1, -0.05) is 0 Å². The Labute approximate surface area is 201 Å². The molecule has 1 amide bonds. The van der Waals surface area contributed by atoms with Crippen LogP contribution in [0.15, 0.2) is 29.2 Å². The molecular formula is C20H21F6N5O4S. The number of likely N-dealkylation sites (tertiary alicyclic amines) is 1. The SMILES string of the molecule is Cc1nnc(-c2ccc(S(=O)(=O)CCC3CCN(C(=O)OC(C(F)(F)F)C(F)(F)F)CC3)cc2)nn1. The van der Waals surface area contributed by atoms with Gasteiger partial charge in [-0.25, -0.2) is 13.2 Å². The second-order valence-corrected chi connectivity index (χ2v) is 10.3. The molecule has 2 heterocycles. The third-order valence-corrected chi connectivity index (χ3v) is 7.29. The van der Waals surface area contributed by atoms with E-state index in [0.717, 1.165) is 4.90 Å². The first kappa shape index (κ1) is 27.5. The first-order chi connectivity index (χ1) is 16.7. The van der Waals surface area contributed by atoms with Gasteiger partial charge in [0, 0.05) is 18.7 Å². The number of alkyl halides is 6. The number of halogens is 6. The summed E-state index contributed by atoms with van der Waals surface area (Å²) in [6.45, 7) is 1.31. The van der Waals surface area contributed by atoms with Crippen molar-refractivity contribution in [2.75, 3.05) is 18.8 Å². The van der Waals surface area contributed by atoms with Gasteiger partial charge in [-0.2, -0.15) is 26.3 Å². The molecule has 0 spiro atoms. The molecule has 1 fully saturated rings. The van der Waals surface area contributed by atoms with Crippen LogP contribution in [0.4, 0.5) is 31.1 Å². The predicted molar refractivity (Wildman–Crippen MR) is 111 cm³/mol. The van der Waals surface area contributed by atoms with Crippen molar-refractivity contribution < 1.29 is 44.3 Å². The second-order valence-electron chi connectivity index (χ2n) is 8.18. The Kier molecular flexibility index (Phi) is 8.05. The van der Waals surface area contributed by atoms with E-state index in [4.69, 9.17) is 0 Å². The molecule has 1 aliphatic heterocycles. The fraction of sp³-hybridized carbons (Fsp3) is 0.550. The summed E-state index contributed by atoms with van der Waals surface area (Å²) in [7, 11) is -3.67. The maximum Gasteiger partial charge on any atom is 0.434 e. The Morgan fingerprint density at radius 2 is 1.53 bits per heavy atom. The lowest BCUT2D eigenvalue weighted by molar-refractivity contribution is -0.308. The van der Waals surface area contributed by atoms with E-state index in [9.17, 15) is 39.6 Å². The number of hydrogen-bond acceptors (Lipinski definition) is 8. The van der Waals surface area contributed by atoms with Crippen molar-refractivity contribution in [1.29, 1.82) is 0 Å². The van der Waals surface area contributed by atoms with Crippen LogP contribution in [0.3, 0.4) is 0 Å². The van der Waals surface area contributed by atoms with Crippen LogP contribution in [-0.4, -0.2) is 77.1 Å². The average Bonchev–Trinajstić information content (AvgIpc) is 2.80. The van der Waals surface area contributed by atoms with Crippen molar-refractivity contribution >= 4 is 15.9 Å². The lowest BCUT2D eigenvalue weighted by Crippen LogP contribution is -2.49. The molecule has 1 aliphatic rings. The van der Waals surface area contributed by atoms with Crippen LogP contribution in [0.2, 0.25) is 0 Å². The summed E-state index contributed by atoms with van der Waals surface area (Å²) in [5.74, 6) is 0.192. The number of rotatable bonds is 6. The van der Waals surface area contributed by atoms with Crippen molar-refractivity contribution in [2.24, 2.45) is 5.92 Å². The van der Waals surface area contributed by atoms with Crippen molar-refractivity contribution in [1.82, 2.24) is 25.3 Å². The average molecular weight is 541 g/mol. The molecular weight excluding hydrogens is 520 g/mol. The first-order valence-corrected chi connectivity index (χ1v) is 12.3. The molecule has 0 saturated carbocycles. The Morgan fingerprint density at radius 1 is 1.00 bits per heavy atom. The lowest BCUT2D eigenvalue weighted by atomic mass is 9.95. The maximum absolute atomic E-state index is 12.7. The fourth-order valence-electron chi connectivity index (χ4n) is 3.54. The van der Waals surface area contributed by atoms with Gasteiger partial charge in [0.05, 0.1) is 10.6 Å².